The van der Waals surface area contributed by atoms with E-state index in [2.05, 4.69) is 36.7 Å². The summed E-state index contributed by atoms with van der Waals surface area (Å²) in [6.07, 6.45) is -1.24. The minimum absolute atomic E-state index is 0.0352. The first-order valence-electron chi connectivity index (χ1n) is 7.94. The fraction of sp³-hybridized carbons (Fsp3) is 0.235. The highest BCUT2D eigenvalue weighted by molar-refractivity contribution is 9.10. The fourth-order valence-electron chi connectivity index (χ4n) is 2.90. The number of halogens is 4. The van der Waals surface area contributed by atoms with Crippen LogP contribution < -0.4 is 10.6 Å². The molecule has 27 heavy (non-hydrogen) atoms. The third-order valence-electron chi connectivity index (χ3n) is 4.54. The highest BCUT2D eigenvalue weighted by Gasteiger charge is 2.66. The first kappa shape index (κ1) is 17.8. The molecule has 0 aliphatic heterocycles. The summed E-state index contributed by atoms with van der Waals surface area (Å²) in [6, 6.07) is 5.69. The lowest BCUT2D eigenvalue weighted by atomic mass is 10.0. The quantitative estimate of drug-likeness (QED) is 0.584. The van der Waals surface area contributed by atoms with Gasteiger partial charge in [-0.25, -0.2) is 4.79 Å². The Morgan fingerprint density at radius 2 is 1.96 bits per heavy atom. The predicted molar refractivity (Wildman–Crippen MR) is 95.6 cm³/mol. The number of amides is 2. The van der Waals surface area contributed by atoms with E-state index in [1.165, 1.54) is 0 Å². The number of anilines is 2. The Morgan fingerprint density at radius 1 is 1.19 bits per heavy atom. The Balaban J connectivity index is 1.51. The molecule has 0 bridgehead atoms. The predicted octanol–water partition coefficient (Wildman–Crippen LogP) is 5.22. The van der Waals surface area contributed by atoms with Crippen LogP contribution in [0.5, 0.6) is 0 Å². The Kier molecular flexibility index (Phi) is 4.10. The lowest BCUT2D eigenvalue weighted by Crippen LogP contribution is -2.28. The third-order valence-corrected chi connectivity index (χ3v) is 5.23. The van der Waals surface area contributed by atoms with E-state index in [1.54, 1.807) is 30.6 Å². The summed E-state index contributed by atoms with van der Waals surface area (Å²) in [4.78, 5) is 16.3. The molecule has 3 aromatic rings. The standard InChI is InChI=1S/C17H12BrF3N4O2/c18-11-1-2-12(10-8-22-6-3-9(10)11)23-15(26)24-14-7-13(25-27-14)16(4-5-16)17(19,20)21/h1-3,6-8H,4-5H2,(H2,23,24,26). The van der Waals surface area contributed by atoms with Crippen molar-refractivity contribution in [3.63, 3.8) is 0 Å². The third kappa shape index (κ3) is 3.14. The number of aromatic nitrogens is 2. The number of alkyl halides is 3. The van der Waals surface area contributed by atoms with Crippen molar-refractivity contribution in [1.82, 2.24) is 10.1 Å². The molecular weight excluding hydrogens is 429 g/mol. The molecule has 1 aliphatic rings. The van der Waals surface area contributed by atoms with Crippen LogP contribution in [0, 0.1) is 0 Å². The molecule has 2 N–H and O–H groups in total. The molecule has 4 rings (SSSR count). The summed E-state index contributed by atoms with van der Waals surface area (Å²) in [6.45, 7) is 0. The number of nitrogens with zero attached hydrogens (tertiary/aromatic N) is 2. The largest absolute Gasteiger partial charge is 0.400 e. The highest BCUT2D eigenvalue weighted by Crippen LogP contribution is 2.58. The van der Waals surface area contributed by atoms with Gasteiger partial charge in [-0.3, -0.25) is 10.3 Å². The lowest BCUT2D eigenvalue weighted by Gasteiger charge is -2.15. The Hall–Kier alpha value is -2.62. The van der Waals surface area contributed by atoms with Gasteiger partial charge in [0.05, 0.1) is 5.69 Å². The summed E-state index contributed by atoms with van der Waals surface area (Å²) in [5.41, 5.74) is -1.68. The first-order valence-corrected chi connectivity index (χ1v) is 8.74. The topological polar surface area (TPSA) is 80.0 Å². The fourth-order valence-corrected chi connectivity index (χ4v) is 3.38. The maximum atomic E-state index is 13.1. The van der Waals surface area contributed by atoms with Crippen LogP contribution in [0.25, 0.3) is 10.8 Å². The average molecular weight is 441 g/mol. The highest BCUT2D eigenvalue weighted by atomic mass is 79.9. The van der Waals surface area contributed by atoms with Crippen molar-refractivity contribution in [3.05, 3.63) is 46.8 Å². The summed E-state index contributed by atoms with van der Waals surface area (Å²) in [5.74, 6) is -0.155. The molecule has 1 aromatic carbocycles. The van der Waals surface area contributed by atoms with E-state index in [-0.39, 0.29) is 24.4 Å². The maximum Gasteiger partial charge on any atom is 0.400 e. The molecule has 1 fully saturated rings. The van der Waals surface area contributed by atoms with E-state index >= 15 is 0 Å². The molecule has 2 aromatic heterocycles. The summed E-state index contributed by atoms with van der Waals surface area (Å²) in [7, 11) is 0. The van der Waals surface area contributed by atoms with Crippen molar-refractivity contribution in [1.29, 1.82) is 0 Å². The van der Waals surface area contributed by atoms with Crippen LogP contribution in [0.15, 0.2) is 45.7 Å². The van der Waals surface area contributed by atoms with Gasteiger partial charge in [-0.1, -0.05) is 21.1 Å². The molecule has 0 radical (unpaired) electrons. The van der Waals surface area contributed by atoms with Crippen LogP contribution in [0.1, 0.15) is 18.5 Å². The Morgan fingerprint density at radius 3 is 2.67 bits per heavy atom. The molecule has 2 amide bonds. The molecule has 1 saturated carbocycles. The van der Waals surface area contributed by atoms with Crippen molar-refractivity contribution >= 4 is 44.3 Å². The molecular formula is C17H12BrF3N4O2. The summed E-state index contributed by atoms with van der Waals surface area (Å²) < 4.78 is 45.1. The van der Waals surface area contributed by atoms with E-state index in [4.69, 9.17) is 4.52 Å². The van der Waals surface area contributed by atoms with Crippen molar-refractivity contribution in [3.8, 4) is 0 Å². The lowest BCUT2D eigenvalue weighted by molar-refractivity contribution is -0.161. The van der Waals surface area contributed by atoms with E-state index in [0.29, 0.717) is 11.1 Å². The van der Waals surface area contributed by atoms with E-state index in [0.717, 1.165) is 15.9 Å². The van der Waals surface area contributed by atoms with E-state index in [9.17, 15) is 18.0 Å². The van der Waals surface area contributed by atoms with Crippen LogP contribution in [0.2, 0.25) is 0 Å². The number of carbonyl (C=O) groups is 1. The van der Waals surface area contributed by atoms with Gasteiger partial charge in [-0.15, -0.1) is 0 Å². The van der Waals surface area contributed by atoms with Gasteiger partial charge in [0.25, 0.3) is 0 Å². The smallest absolute Gasteiger partial charge is 0.338 e. The molecule has 10 heteroatoms. The summed E-state index contributed by atoms with van der Waals surface area (Å²) in [5, 5.41) is 10.0. The van der Waals surface area contributed by atoms with Crippen LogP contribution in [0.4, 0.5) is 29.5 Å². The van der Waals surface area contributed by atoms with E-state index in [1.807, 2.05) is 0 Å². The normalized spacial score (nSPS) is 15.6. The molecule has 0 atom stereocenters. The molecule has 2 heterocycles. The van der Waals surface area contributed by atoms with Gasteiger partial charge < -0.3 is 9.84 Å². The van der Waals surface area contributed by atoms with Gasteiger partial charge in [0.1, 0.15) is 11.1 Å². The first-order chi connectivity index (χ1) is 12.8. The van der Waals surface area contributed by atoms with E-state index < -0.39 is 17.6 Å². The number of rotatable bonds is 3. The molecule has 1 aliphatic carbocycles. The Labute approximate surface area is 159 Å². The summed E-state index contributed by atoms with van der Waals surface area (Å²) >= 11 is 3.42. The van der Waals surface area contributed by atoms with Gasteiger partial charge in [-0.05, 0) is 31.0 Å². The number of carbonyl (C=O) groups excluding carboxylic acids is 1. The minimum Gasteiger partial charge on any atom is -0.338 e. The van der Waals surface area contributed by atoms with Crippen LogP contribution in [0.3, 0.4) is 0 Å². The second-order valence-corrected chi connectivity index (χ2v) is 7.11. The Bertz CT molecular complexity index is 1030. The zero-order chi connectivity index (χ0) is 19.2. The number of fused-ring (bicyclic) bond motifs is 1. The molecule has 0 spiro atoms. The van der Waals surface area contributed by atoms with Gasteiger partial charge in [0.15, 0.2) is 0 Å². The van der Waals surface area contributed by atoms with Crippen molar-refractivity contribution in [2.45, 2.75) is 24.4 Å². The minimum atomic E-state index is -4.40. The zero-order valence-corrected chi connectivity index (χ0v) is 15.2. The molecule has 6 nitrogen and oxygen atoms in total. The molecule has 140 valence electrons. The number of urea groups is 1. The second kappa shape index (κ2) is 6.22. The molecule has 0 saturated heterocycles. The van der Waals surface area contributed by atoms with Crippen LogP contribution in [-0.2, 0) is 5.41 Å². The number of hydrogen-bond donors (Lipinski definition) is 2. The van der Waals surface area contributed by atoms with Gasteiger partial charge >= 0.3 is 12.2 Å². The zero-order valence-electron chi connectivity index (χ0n) is 13.6. The van der Waals surface area contributed by atoms with Crippen molar-refractivity contribution in [2.24, 2.45) is 0 Å². The van der Waals surface area contributed by atoms with Crippen LogP contribution >= 0.6 is 15.9 Å². The average Bonchev–Trinajstić information content (AvgIpc) is 3.32. The van der Waals surface area contributed by atoms with Crippen LogP contribution in [-0.4, -0.2) is 22.3 Å². The maximum absolute atomic E-state index is 13.1. The monoisotopic (exact) mass is 440 g/mol. The van der Waals surface area contributed by atoms with Gasteiger partial charge in [0, 0.05) is 33.7 Å². The number of pyridine rings is 1. The number of benzene rings is 1. The van der Waals surface area contributed by atoms with Gasteiger partial charge in [-0.2, -0.15) is 13.2 Å². The van der Waals surface area contributed by atoms with Crippen molar-refractivity contribution in [2.75, 3.05) is 10.6 Å². The van der Waals surface area contributed by atoms with Gasteiger partial charge in [0.2, 0.25) is 5.88 Å². The number of nitrogens with one attached hydrogen (secondary N) is 2. The molecule has 0 unspecified atom stereocenters. The number of hydrogen-bond acceptors (Lipinski definition) is 4. The SMILES string of the molecule is O=C(Nc1cc(C2(C(F)(F)F)CC2)no1)Nc1ccc(Br)c2ccncc12. The second-order valence-electron chi connectivity index (χ2n) is 6.25. The van der Waals surface area contributed by atoms with Crippen molar-refractivity contribution < 1.29 is 22.5 Å².